The Kier molecular flexibility index (Phi) is 5.06. The van der Waals surface area contributed by atoms with Crippen LogP contribution in [0, 0.1) is 6.92 Å². The average molecular weight is 449 g/mol. The van der Waals surface area contributed by atoms with Gasteiger partial charge in [0.1, 0.15) is 4.90 Å². The Labute approximate surface area is 177 Å². The molecule has 3 aromatic carbocycles. The molecule has 0 spiro atoms. The molecule has 1 aliphatic heterocycles. The maximum atomic E-state index is 13.7. The number of carbonyl (C=O) groups excluding carboxylic acids is 1. The number of hydrogen-bond acceptors (Lipinski definition) is 4. The van der Waals surface area contributed by atoms with Gasteiger partial charge in [0.25, 0.3) is 16.0 Å². The minimum atomic E-state index is -4.95. The summed E-state index contributed by atoms with van der Waals surface area (Å²) in [5.41, 5.74) is 1.23. The maximum Gasteiger partial charge on any atom is 0.420 e. The van der Waals surface area contributed by atoms with Gasteiger partial charge < -0.3 is 4.90 Å². The minimum absolute atomic E-state index is 0.143. The van der Waals surface area contributed by atoms with Gasteiger partial charge in [-0.1, -0.05) is 42.0 Å². The summed E-state index contributed by atoms with van der Waals surface area (Å²) in [5.74, 6) is -0.286. The van der Waals surface area contributed by atoms with E-state index in [0.29, 0.717) is 23.2 Å². The molecule has 0 radical (unpaired) electrons. The van der Waals surface area contributed by atoms with Gasteiger partial charge >= 0.3 is 6.18 Å². The molecule has 0 fully saturated rings. The van der Waals surface area contributed by atoms with E-state index < -0.39 is 27.3 Å². The summed E-state index contributed by atoms with van der Waals surface area (Å²) < 4.78 is 71.9. The van der Waals surface area contributed by atoms with E-state index in [1.54, 1.807) is 19.9 Å². The highest BCUT2D eigenvalue weighted by Gasteiger charge is 2.45. The molecule has 0 saturated carbocycles. The van der Waals surface area contributed by atoms with E-state index in [1.165, 1.54) is 53.4 Å². The van der Waals surface area contributed by atoms with Gasteiger partial charge in [0.05, 0.1) is 5.69 Å². The van der Waals surface area contributed by atoms with Crippen molar-refractivity contribution in [3.05, 3.63) is 71.3 Å². The molecular weight excluding hydrogens is 431 g/mol. The molecule has 1 amide bonds. The first kappa shape index (κ1) is 21.3. The van der Waals surface area contributed by atoms with Crippen LogP contribution in [0.3, 0.4) is 0 Å². The van der Waals surface area contributed by atoms with E-state index in [1.807, 2.05) is 0 Å². The molecule has 0 bridgehead atoms. The number of amides is 1. The number of carbonyl (C=O) groups is 1. The van der Waals surface area contributed by atoms with Gasteiger partial charge in [0.2, 0.25) is 0 Å². The van der Waals surface area contributed by atoms with Crippen molar-refractivity contribution in [2.45, 2.75) is 31.0 Å². The first-order valence-electron chi connectivity index (χ1n) is 9.48. The first-order valence-corrected chi connectivity index (χ1v) is 10.9. The van der Waals surface area contributed by atoms with E-state index >= 15 is 0 Å². The van der Waals surface area contributed by atoms with Crippen LogP contribution in [-0.2, 0) is 14.3 Å². The average Bonchev–Trinajstić information content (AvgIpc) is 2.99. The molecule has 1 atom stereocenters. The topological polar surface area (TPSA) is 63.7 Å². The number of aryl methyl sites for hydroxylation is 1. The second-order valence-corrected chi connectivity index (χ2v) is 8.78. The number of halogens is 3. The molecule has 4 rings (SSSR count). The van der Waals surface area contributed by atoms with Crippen LogP contribution in [0.4, 0.5) is 18.9 Å². The molecule has 9 heteroatoms. The molecule has 162 valence electrons. The standard InChI is InChI=1S/C22H18F3NO4S/c1-3-26-17-11-12-18(15-5-4-6-16(19(15)17)21(26)27)31(28,29)30-20(22(23,24)25)14-9-7-13(2)8-10-14/h4-12,20H,3H2,1-2H3. The Hall–Kier alpha value is -2.91. The van der Waals surface area contributed by atoms with Gasteiger partial charge in [-0.25, -0.2) is 4.18 Å². The summed E-state index contributed by atoms with van der Waals surface area (Å²) >= 11 is 0. The molecule has 0 aliphatic carbocycles. The molecule has 0 aromatic heterocycles. The van der Waals surface area contributed by atoms with Crippen LogP contribution < -0.4 is 4.90 Å². The quantitative estimate of drug-likeness (QED) is 0.506. The molecule has 3 aromatic rings. The highest BCUT2D eigenvalue weighted by atomic mass is 32.2. The highest BCUT2D eigenvalue weighted by molar-refractivity contribution is 7.87. The van der Waals surface area contributed by atoms with E-state index in [-0.39, 0.29) is 16.9 Å². The van der Waals surface area contributed by atoms with E-state index in [4.69, 9.17) is 4.18 Å². The van der Waals surface area contributed by atoms with Gasteiger partial charge in [0, 0.05) is 22.9 Å². The summed E-state index contributed by atoms with van der Waals surface area (Å²) in [4.78, 5) is 13.7. The fourth-order valence-corrected chi connectivity index (χ4v) is 5.02. The Balaban J connectivity index is 1.83. The monoisotopic (exact) mass is 449 g/mol. The molecule has 1 aliphatic rings. The second-order valence-electron chi connectivity index (χ2n) is 7.24. The third-order valence-corrected chi connectivity index (χ3v) is 6.57. The predicted octanol–water partition coefficient (Wildman–Crippen LogP) is 5.14. The lowest BCUT2D eigenvalue weighted by Crippen LogP contribution is -2.26. The van der Waals surface area contributed by atoms with Gasteiger partial charge in [0.15, 0.2) is 6.10 Å². The molecule has 1 heterocycles. The molecule has 31 heavy (non-hydrogen) atoms. The van der Waals surface area contributed by atoms with Crippen molar-refractivity contribution in [1.82, 2.24) is 0 Å². The van der Waals surface area contributed by atoms with Gasteiger partial charge in [-0.2, -0.15) is 21.6 Å². The number of hydrogen-bond donors (Lipinski definition) is 0. The third-order valence-electron chi connectivity index (χ3n) is 5.23. The Morgan fingerprint density at radius 2 is 1.71 bits per heavy atom. The molecule has 0 N–H and O–H groups in total. The SMILES string of the molecule is CCN1C(=O)c2cccc3c(S(=O)(=O)OC(c4ccc(C)cc4)C(F)(F)F)ccc1c23. The molecule has 1 unspecified atom stereocenters. The lowest BCUT2D eigenvalue weighted by molar-refractivity contribution is -0.196. The maximum absolute atomic E-state index is 13.7. The zero-order valence-corrected chi connectivity index (χ0v) is 17.4. The first-order chi connectivity index (χ1) is 14.5. The van der Waals surface area contributed by atoms with Crippen molar-refractivity contribution >= 4 is 32.5 Å². The fraction of sp³-hybridized carbons (Fsp3) is 0.227. The van der Waals surface area contributed by atoms with Crippen LogP contribution in [0.5, 0.6) is 0 Å². The van der Waals surface area contributed by atoms with Crippen LogP contribution >= 0.6 is 0 Å². The van der Waals surface area contributed by atoms with Crippen LogP contribution in [0.2, 0.25) is 0 Å². The van der Waals surface area contributed by atoms with Gasteiger partial charge in [-0.15, -0.1) is 0 Å². The van der Waals surface area contributed by atoms with E-state index in [9.17, 15) is 26.4 Å². The normalized spacial score (nSPS) is 15.0. The van der Waals surface area contributed by atoms with Crippen LogP contribution in [0.15, 0.2) is 59.5 Å². The number of alkyl halides is 3. The van der Waals surface area contributed by atoms with Crippen molar-refractivity contribution in [3.8, 4) is 0 Å². The number of nitrogens with zero attached hydrogens (tertiary/aromatic N) is 1. The smallest absolute Gasteiger partial charge is 0.308 e. The Morgan fingerprint density at radius 3 is 2.32 bits per heavy atom. The molecule has 0 saturated heterocycles. The summed E-state index contributed by atoms with van der Waals surface area (Å²) in [7, 11) is -4.82. The predicted molar refractivity (Wildman–Crippen MR) is 110 cm³/mol. The zero-order valence-electron chi connectivity index (χ0n) is 16.6. The van der Waals surface area contributed by atoms with Crippen LogP contribution in [-0.4, -0.2) is 27.0 Å². The van der Waals surface area contributed by atoms with Crippen molar-refractivity contribution in [2.75, 3.05) is 11.4 Å². The summed E-state index contributed by atoms with van der Waals surface area (Å²) in [5, 5.41) is 0.530. The summed E-state index contributed by atoms with van der Waals surface area (Å²) in [6.45, 7) is 3.85. The molecule has 5 nitrogen and oxygen atoms in total. The minimum Gasteiger partial charge on any atom is -0.308 e. The van der Waals surface area contributed by atoms with Crippen molar-refractivity contribution in [1.29, 1.82) is 0 Å². The second kappa shape index (κ2) is 7.35. The van der Waals surface area contributed by atoms with Crippen molar-refractivity contribution in [3.63, 3.8) is 0 Å². The zero-order chi connectivity index (χ0) is 22.6. The number of rotatable bonds is 5. The fourth-order valence-electron chi connectivity index (χ4n) is 3.77. The number of anilines is 1. The van der Waals surface area contributed by atoms with E-state index in [2.05, 4.69) is 0 Å². The summed E-state index contributed by atoms with van der Waals surface area (Å²) in [6, 6.07) is 12.4. The Morgan fingerprint density at radius 1 is 1.03 bits per heavy atom. The largest absolute Gasteiger partial charge is 0.420 e. The van der Waals surface area contributed by atoms with Crippen molar-refractivity contribution < 1.29 is 30.6 Å². The van der Waals surface area contributed by atoms with Crippen LogP contribution in [0.25, 0.3) is 10.8 Å². The third kappa shape index (κ3) is 3.57. The Bertz CT molecular complexity index is 1280. The van der Waals surface area contributed by atoms with Crippen molar-refractivity contribution in [2.24, 2.45) is 0 Å². The molecular formula is C22H18F3NO4S. The van der Waals surface area contributed by atoms with Gasteiger partial charge in [-0.05, 0) is 37.6 Å². The summed E-state index contributed by atoms with van der Waals surface area (Å²) in [6.07, 6.45) is -7.61. The lowest BCUT2D eigenvalue weighted by atomic mass is 10.1. The highest BCUT2D eigenvalue weighted by Crippen LogP contribution is 2.43. The van der Waals surface area contributed by atoms with Gasteiger partial charge in [-0.3, -0.25) is 4.79 Å². The number of benzene rings is 3. The van der Waals surface area contributed by atoms with Crippen LogP contribution in [0.1, 0.15) is 34.5 Å². The lowest BCUT2D eigenvalue weighted by Gasteiger charge is -2.21. The van der Waals surface area contributed by atoms with E-state index in [0.717, 1.165) is 5.56 Å².